The van der Waals surface area contributed by atoms with Crippen molar-refractivity contribution in [3.63, 3.8) is 0 Å². The molecular formula is C18H20N2O5. The van der Waals surface area contributed by atoms with Crippen LogP contribution in [0.5, 0.6) is 11.5 Å². The number of carboxylic acids is 1. The van der Waals surface area contributed by atoms with Gasteiger partial charge in [0, 0.05) is 0 Å². The number of hydrogen-bond donors (Lipinski definition) is 4. The van der Waals surface area contributed by atoms with Gasteiger partial charge in [0.2, 0.25) is 0 Å². The van der Waals surface area contributed by atoms with Crippen LogP contribution in [-0.2, 0) is 22.4 Å². The molecule has 25 heavy (non-hydrogen) atoms. The van der Waals surface area contributed by atoms with E-state index in [2.05, 4.69) is 0 Å². The van der Waals surface area contributed by atoms with Crippen LogP contribution in [0.25, 0.3) is 0 Å². The number of esters is 1. The molecule has 0 aliphatic heterocycles. The lowest BCUT2D eigenvalue weighted by atomic mass is 10.1. The molecule has 0 aliphatic rings. The third-order valence-electron chi connectivity index (χ3n) is 3.61. The number of rotatable bonds is 7. The highest BCUT2D eigenvalue weighted by Gasteiger charge is 2.17. The average molecular weight is 344 g/mol. The van der Waals surface area contributed by atoms with E-state index < -0.39 is 24.0 Å². The maximum absolute atomic E-state index is 12.0. The van der Waals surface area contributed by atoms with Crippen molar-refractivity contribution >= 4 is 11.9 Å². The predicted octanol–water partition coefficient (Wildman–Crippen LogP) is 0.822. The summed E-state index contributed by atoms with van der Waals surface area (Å²) in [4.78, 5) is 22.8. The van der Waals surface area contributed by atoms with Crippen LogP contribution in [0.2, 0.25) is 0 Å². The minimum Gasteiger partial charge on any atom is -0.508 e. The molecule has 0 radical (unpaired) electrons. The molecule has 2 atom stereocenters. The van der Waals surface area contributed by atoms with Crippen molar-refractivity contribution in [2.75, 3.05) is 0 Å². The van der Waals surface area contributed by atoms with Gasteiger partial charge in [-0.1, -0.05) is 24.3 Å². The highest BCUT2D eigenvalue weighted by atomic mass is 16.5. The summed E-state index contributed by atoms with van der Waals surface area (Å²) in [6.07, 6.45) is 0.467. The van der Waals surface area contributed by atoms with Crippen molar-refractivity contribution in [1.82, 2.24) is 0 Å². The molecule has 0 fully saturated rings. The summed E-state index contributed by atoms with van der Waals surface area (Å²) >= 11 is 0. The Morgan fingerprint density at radius 3 is 1.88 bits per heavy atom. The molecule has 2 rings (SSSR count). The standard InChI is InChI=1S/C18H20N2O5/c19-15(17(22)23)9-12-3-7-14(8-4-12)25-18(24)16(20)10-11-1-5-13(21)6-2-11/h1-8,15-16,21H,9-10,19-20H2,(H,22,23). The number of phenols is 1. The second-order valence-electron chi connectivity index (χ2n) is 5.69. The van der Waals surface area contributed by atoms with Crippen molar-refractivity contribution in [1.29, 1.82) is 0 Å². The smallest absolute Gasteiger partial charge is 0.328 e. The first-order valence-corrected chi connectivity index (χ1v) is 7.67. The van der Waals surface area contributed by atoms with Crippen LogP contribution in [0.3, 0.4) is 0 Å². The SMILES string of the molecule is NC(Cc1ccc(OC(=O)C(N)Cc2ccc(O)cc2)cc1)C(=O)O. The number of nitrogens with two attached hydrogens (primary N) is 2. The number of carbonyl (C=O) groups excluding carboxylic acids is 1. The summed E-state index contributed by atoms with van der Waals surface area (Å²) in [6.45, 7) is 0. The normalized spacial score (nSPS) is 13.0. The molecule has 0 aliphatic carbocycles. The summed E-state index contributed by atoms with van der Waals surface area (Å²) in [5.74, 6) is -1.19. The topological polar surface area (TPSA) is 136 Å². The van der Waals surface area contributed by atoms with E-state index in [1.54, 1.807) is 36.4 Å². The van der Waals surface area contributed by atoms with Gasteiger partial charge in [-0.25, -0.2) is 4.79 Å². The molecule has 0 amide bonds. The van der Waals surface area contributed by atoms with Gasteiger partial charge in [0.15, 0.2) is 0 Å². The molecular weight excluding hydrogens is 324 g/mol. The van der Waals surface area contributed by atoms with Gasteiger partial charge in [0.1, 0.15) is 23.6 Å². The minimum absolute atomic E-state index is 0.141. The molecule has 0 heterocycles. The Balaban J connectivity index is 1.91. The van der Waals surface area contributed by atoms with Crippen LogP contribution < -0.4 is 16.2 Å². The lowest BCUT2D eigenvalue weighted by Gasteiger charge is -2.12. The second kappa shape index (κ2) is 8.27. The molecule has 2 unspecified atom stereocenters. The highest BCUT2D eigenvalue weighted by molar-refractivity contribution is 5.78. The quantitative estimate of drug-likeness (QED) is 0.431. The molecule has 0 spiro atoms. The Hall–Kier alpha value is -2.90. The van der Waals surface area contributed by atoms with E-state index in [-0.39, 0.29) is 18.6 Å². The lowest BCUT2D eigenvalue weighted by Crippen LogP contribution is -2.36. The molecule has 0 saturated carbocycles. The van der Waals surface area contributed by atoms with Crippen LogP contribution >= 0.6 is 0 Å². The van der Waals surface area contributed by atoms with Crippen LogP contribution in [0.4, 0.5) is 0 Å². The maximum atomic E-state index is 12.0. The van der Waals surface area contributed by atoms with Gasteiger partial charge in [-0.3, -0.25) is 4.79 Å². The summed E-state index contributed by atoms with van der Waals surface area (Å²) in [5.41, 5.74) is 12.8. The van der Waals surface area contributed by atoms with Gasteiger partial charge in [-0.2, -0.15) is 0 Å². The van der Waals surface area contributed by atoms with Crippen LogP contribution in [0, 0.1) is 0 Å². The number of benzene rings is 2. The number of carbonyl (C=O) groups is 2. The van der Waals surface area contributed by atoms with E-state index in [9.17, 15) is 14.7 Å². The van der Waals surface area contributed by atoms with E-state index in [0.29, 0.717) is 5.75 Å². The lowest BCUT2D eigenvalue weighted by molar-refractivity contribution is -0.138. The molecule has 0 aromatic heterocycles. The monoisotopic (exact) mass is 344 g/mol. The van der Waals surface area contributed by atoms with E-state index >= 15 is 0 Å². The first-order chi connectivity index (χ1) is 11.8. The van der Waals surface area contributed by atoms with E-state index in [4.69, 9.17) is 21.3 Å². The number of aliphatic carboxylic acids is 1. The largest absolute Gasteiger partial charge is 0.508 e. The Morgan fingerprint density at radius 2 is 1.36 bits per heavy atom. The molecule has 132 valence electrons. The molecule has 6 N–H and O–H groups in total. The number of phenolic OH excluding ortho intramolecular Hbond substituents is 1. The van der Waals surface area contributed by atoms with Gasteiger partial charge >= 0.3 is 11.9 Å². The number of hydrogen-bond acceptors (Lipinski definition) is 6. The van der Waals surface area contributed by atoms with Gasteiger partial charge in [-0.05, 0) is 48.2 Å². The fourth-order valence-corrected chi connectivity index (χ4v) is 2.20. The number of aromatic hydroxyl groups is 1. The molecule has 0 bridgehead atoms. The van der Waals surface area contributed by atoms with Crippen molar-refractivity contribution in [2.24, 2.45) is 11.5 Å². The Morgan fingerprint density at radius 1 is 0.880 bits per heavy atom. The summed E-state index contributed by atoms with van der Waals surface area (Å²) in [7, 11) is 0. The van der Waals surface area contributed by atoms with E-state index in [0.717, 1.165) is 11.1 Å². The predicted molar refractivity (Wildman–Crippen MR) is 91.2 cm³/mol. The molecule has 2 aromatic rings. The Kier molecular flexibility index (Phi) is 6.10. The fourth-order valence-electron chi connectivity index (χ4n) is 2.20. The van der Waals surface area contributed by atoms with Crippen molar-refractivity contribution < 1.29 is 24.5 Å². The van der Waals surface area contributed by atoms with Crippen molar-refractivity contribution in [3.05, 3.63) is 59.7 Å². The summed E-state index contributed by atoms with van der Waals surface area (Å²) in [5, 5.41) is 18.0. The molecule has 0 saturated heterocycles. The van der Waals surface area contributed by atoms with Crippen LogP contribution in [0.1, 0.15) is 11.1 Å². The number of carboxylic acid groups (broad SMARTS) is 1. The van der Waals surface area contributed by atoms with Gasteiger partial charge in [0.05, 0.1) is 0 Å². The van der Waals surface area contributed by atoms with Crippen molar-refractivity contribution in [2.45, 2.75) is 24.9 Å². The van der Waals surface area contributed by atoms with Crippen molar-refractivity contribution in [3.8, 4) is 11.5 Å². The highest BCUT2D eigenvalue weighted by Crippen LogP contribution is 2.15. The maximum Gasteiger partial charge on any atom is 0.328 e. The van der Waals surface area contributed by atoms with Gasteiger partial charge in [-0.15, -0.1) is 0 Å². The van der Waals surface area contributed by atoms with E-state index in [1.165, 1.54) is 12.1 Å². The van der Waals surface area contributed by atoms with Gasteiger partial charge < -0.3 is 26.4 Å². The Labute approximate surface area is 144 Å². The van der Waals surface area contributed by atoms with E-state index in [1.807, 2.05) is 0 Å². The minimum atomic E-state index is -1.07. The molecule has 7 heteroatoms. The fraction of sp³-hybridized carbons (Fsp3) is 0.222. The molecule has 2 aromatic carbocycles. The number of ether oxygens (including phenoxy) is 1. The Bertz CT molecular complexity index is 728. The first-order valence-electron chi connectivity index (χ1n) is 7.67. The van der Waals surface area contributed by atoms with Gasteiger partial charge in [0.25, 0.3) is 0 Å². The van der Waals surface area contributed by atoms with Crippen LogP contribution in [-0.4, -0.2) is 34.2 Å². The summed E-state index contributed by atoms with van der Waals surface area (Å²) < 4.78 is 5.22. The van der Waals surface area contributed by atoms with Crippen LogP contribution in [0.15, 0.2) is 48.5 Å². The second-order valence-corrected chi connectivity index (χ2v) is 5.69. The average Bonchev–Trinajstić information content (AvgIpc) is 2.58. The zero-order valence-electron chi connectivity index (χ0n) is 13.5. The zero-order valence-corrected chi connectivity index (χ0v) is 13.5. The third kappa shape index (κ3) is 5.59. The summed E-state index contributed by atoms with van der Waals surface area (Å²) in [6, 6.07) is 11.0. The zero-order chi connectivity index (χ0) is 18.4. The first kappa shape index (κ1) is 18.4. The molecule has 7 nitrogen and oxygen atoms in total. The third-order valence-corrected chi connectivity index (χ3v) is 3.61.